The van der Waals surface area contributed by atoms with Crippen molar-refractivity contribution in [3.05, 3.63) is 0 Å². The topological polar surface area (TPSA) is 80.7 Å². The van der Waals surface area contributed by atoms with Crippen molar-refractivity contribution in [1.29, 1.82) is 0 Å². The van der Waals surface area contributed by atoms with Crippen LogP contribution >= 0.6 is 0 Å². The second-order valence-corrected chi connectivity index (χ2v) is 7.28. The molecule has 0 radical (unpaired) electrons. The van der Waals surface area contributed by atoms with E-state index < -0.39 is 21.1 Å². The highest BCUT2D eigenvalue weighted by Crippen LogP contribution is 2.10. The summed E-state index contributed by atoms with van der Waals surface area (Å²) in [5.41, 5.74) is -0.383. The van der Waals surface area contributed by atoms with Crippen molar-refractivity contribution in [1.82, 2.24) is 0 Å². The summed E-state index contributed by atoms with van der Waals surface area (Å²) in [5.74, 6) is -1.24. The Morgan fingerprint density at radius 3 is 2.25 bits per heavy atom. The molecule has 1 N–H and O–H groups in total. The van der Waals surface area contributed by atoms with Crippen LogP contribution in [0, 0.1) is 0 Å². The zero-order chi connectivity index (χ0) is 13.0. The summed E-state index contributed by atoms with van der Waals surface area (Å²) in [6.45, 7) is 7.00. The van der Waals surface area contributed by atoms with Crippen LogP contribution in [0.25, 0.3) is 0 Å². The van der Waals surface area contributed by atoms with E-state index in [0.29, 0.717) is 0 Å². The minimum absolute atomic E-state index is 0.0930. The SMILES string of the molecule is CC(CC(=O)O)S(=O)(=O)CCOC(C)(C)C. The maximum absolute atomic E-state index is 11.6. The fourth-order valence-corrected chi connectivity index (χ4v) is 2.15. The first kappa shape index (κ1) is 15.4. The van der Waals surface area contributed by atoms with Gasteiger partial charge in [0.15, 0.2) is 9.84 Å². The Morgan fingerprint density at radius 2 is 1.88 bits per heavy atom. The molecule has 0 aromatic heterocycles. The van der Waals surface area contributed by atoms with Gasteiger partial charge in [0.1, 0.15) is 0 Å². The van der Waals surface area contributed by atoms with Crippen molar-refractivity contribution < 1.29 is 23.1 Å². The summed E-state index contributed by atoms with van der Waals surface area (Å²) < 4.78 is 28.5. The summed E-state index contributed by atoms with van der Waals surface area (Å²) in [6.07, 6.45) is -0.363. The Labute approximate surface area is 96.7 Å². The van der Waals surface area contributed by atoms with E-state index in [1.54, 1.807) is 0 Å². The monoisotopic (exact) mass is 252 g/mol. The Kier molecular flexibility index (Phi) is 5.41. The van der Waals surface area contributed by atoms with Gasteiger partial charge in [0, 0.05) is 0 Å². The van der Waals surface area contributed by atoms with E-state index in [4.69, 9.17) is 9.84 Å². The van der Waals surface area contributed by atoms with Gasteiger partial charge in [0.25, 0.3) is 0 Å². The van der Waals surface area contributed by atoms with Crippen molar-refractivity contribution in [2.45, 2.75) is 45.0 Å². The number of carboxylic acids is 1. The van der Waals surface area contributed by atoms with Crippen LogP contribution in [0.3, 0.4) is 0 Å². The molecule has 6 heteroatoms. The van der Waals surface area contributed by atoms with E-state index in [0.717, 1.165) is 0 Å². The normalized spacial score (nSPS) is 14.8. The van der Waals surface area contributed by atoms with Gasteiger partial charge >= 0.3 is 5.97 Å². The minimum atomic E-state index is -3.38. The van der Waals surface area contributed by atoms with Crippen LogP contribution in [-0.2, 0) is 19.4 Å². The average molecular weight is 252 g/mol. The lowest BCUT2D eigenvalue weighted by atomic mass is 10.2. The van der Waals surface area contributed by atoms with Gasteiger partial charge in [-0.2, -0.15) is 0 Å². The van der Waals surface area contributed by atoms with Gasteiger partial charge in [-0.15, -0.1) is 0 Å². The molecule has 0 aromatic carbocycles. The predicted molar refractivity (Wildman–Crippen MR) is 61.2 cm³/mol. The predicted octanol–water partition coefficient (Wildman–Crippen LogP) is 1.08. The quantitative estimate of drug-likeness (QED) is 0.765. The first-order valence-corrected chi connectivity index (χ1v) is 6.83. The van der Waals surface area contributed by atoms with Crippen LogP contribution in [-0.4, -0.2) is 42.7 Å². The van der Waals surface area contributed by atoms with E-state index in [1.807, 2.05) is 20.8 Å². The first-order valence-electron chi connectivity index (χ1n) is 5.12. The molecule has 16 heavy (non-hydrogen) atoms. The number of sulfone groups is 1. The van der Waals surface area contributed by atoms with E-state index in [9.17, 15) is 13.2 Å². The second kappa shape index (κ2) is 5.63. The molecule has 0 saturated heterocycles. The molecular formula is C10H20O5S. The highest BCUT2D eigenvalue weighted by atomic mass is 32.2. The van der Waals surface area contributed by atoms with Crippen LogP contribution in [0.4, 0.5) is 0 Å². The Bertz CT molecular complexity index is 326. The molecule has 0 rings (SSSR count). The Balaban J connectivity index is 4.20. The van der Waals surface area contributed by atoms with E-state index in [-0.39, 0.29) is 24.4 Å². The van der Waals surface area contributed by atoms with Crippen molar-refractivity contribution in [2.75, 3.05) is 12.4 Å². The fourth-order valence-electron chi connectivity index (χ4n) is 1.04. The molecule has 0 spiro atoms. The van der Waals surface area contributed by atoms with Crippen LogP contribution in [0.5, 0.6) is 0 Å². The molecule has 1 unspecified atom stereocenters. The van der Waals surface area contributed by atoms with Gasteiger partial charge in [-0.3, -0.25) is 4.79 Å². The third-order valence-corrected chi connectivity index (χ3v) is 4.11. The number of carbonyl (C=O) groups is 1. The lowest BCUT2D eigenvalue weighted by Crippen LogP contribution is -2.29. The fraction of sp³-hybridized carbons (Fsp3) is 0.900. The van der Waals surface area contributed by atoms with Crippen LogP contribution in [0.15, 0.2) is 0 Å². The van der Waals surface area contributed by atoms with E-state index in [1.165, 1.54) is 6.92 Å². The highest BCUT2D eigenvalue weighted by Gasteiger charge is 2.24. The number of ether oxygens (including phenoxy) is 1. The van der Waals surface area contributed by atoms with Gasteiger partial charge in [0.2, 0.25) is 0 Å². The van der Waals surface area contributed by atoms with Gasteiger partial charge in [-0.1, -0.05) is 0 Å². The number of aliphatic carboxylic acids is 1. The molecule has 0 aliphatic rings. The number of hydrogen-bond acceptors (Lipinski definition) is 4. The maximum Gasteiger partial charge on any atom is 0.304 e. The lowest BCUT2D eigenvalue weighted by Gasteiger charge is -2.20. The molecule has 5 nitrogen and oxygen atoms in total. The summed E-state index contributed by atoms with van der Waals surface area (Å²) >= 11 is 0. The first-order chi connectivity index (χ1) is 7.04. The molecule has 0 aliphatic heterocycles. The van der Waals surface area contributed by atoms with Crippen molar-refractivity contribution in [3.8, 4) is 0 Å². The number of carboxylic acid groups (broad SMARTS) is 1. The molecule has 0 amide bonds. The van der Waals surface area contributed by atoms with Gasteiger partial charge in [-0.25, -0.2) is 8.42 Å². The summed E-state index contributed by atoms with van der Waals surface area (Å²) in [4.78, 5) is 10.4. The zero-order valence-electron chi connectivity index (χ0n) is 10.2. The second-order valence-electron chi connectivity index (χ2n) is 4.74. The van der Waals surface area contributed by atoms with Gasteiger partial charge < -0.3 is 9.84 Å². The molecule has 96 valence electrons. The summed E-state index contributed by atoms with van der Waals surface area (Å²) in [7, 11) is -3.38. The summed E-state index contributed by atoms with van der Waals surface area (Å²) in [6, 6.07) is 0. The third kappa shape index (κ3) is 6.79. The Hall–Kier alpha value is -0.620. The van der Waals surface area contributed by atoms with E-state index >= 15 is 0 Å². The average Bonchev–Trinajstić information content (AvgIpc) is 1.99. The minimum Gasteiger partial charge on any atom is -0.481 e. The summed E-state index contributed by atoms with van der Waals surface area (Å²) in [5, 5.41) is 7.64. The molecule has 0 aromatic rings. The molecule has 0 fully saturated rings. The van der Waals surface area contributed by atoms with Gasteiger partial charge in [-0.05, 0) is 27.7 Å². The molecule has 0 heterocycles. The molecule has 0 aliphatic carbocycles. The highest BCUT2D eigenvalue weighted by molar-refractivity contribution is 7.92. The lowest BCUT2D eigenvalue weighted by molar-refractivity contribution is -0.136. The van der Waals surface area contributed by atoms with Crippen LogP contribution in [0.2, 0.25) is 0 Å². The zero-order valence-corrected chi connectivity index (χ0v) is 11.0. The van der Waals surface area contributed by atoms with E-state index in [2.05, 4.69) is 0 Å². The molecule has 0 saturated carbocycles. The van der Waals surface area contributed by atoms with Crippen molar-refractivity contribution in [3.63, 3.8) is 0 Å². The van der Waals surface area contributed by atoms with Crippen molar-refractivity contribution >= 4 is 15.8 Å². The Morgan fingerprint density at radius 1 is 1.38 bits per heavy atom. The molecule has 0 bridgehead atoms. The maximum atomic E-state index is 11.6. The van der Waals surface area contributed by atoms with Crippen LogP contribution < -0.4 is 0 Å². The smallest absolute Gasteiger partial charge is 0.304 e. The third-order valence-electron chi connectivity index (χ3n) is 1.98. The molecule has 1 atom stereocenters. The van der Waals surface area contributed by atoms with Gasteiger partial charge in [0.05, 0.1) is 29.6 Å². The van der Waals surface area contributed by atoms with Crippen molar-refractivity contribution in [2.24, 2.45) is 0 Å². The number of rotatable bonds is 6. The number of hydrogen-bond donors (Lipinski definition) is 1. The molecular weight excluding hydrogens is 232 g/mol. The largest absolute Gasteiger partial charge is 0.481 e. The standard InChI is InChI=1S/C10H20O5S/c1-8(7-9(11)12)16(13,14)6-5-15-10(2,3)4/h8H,5-7H2,1-4H3,(H,11,12). The van der Waals surface area contributed by atoms with Crippen LogP contribution in [0.1, 0.15) is 34.1 Å².